The molecule has 0 bridgehead atoms. The lowest BCUT2D eigenvalue weighted by molar-refractivity contribution is 0.162. The maximum absolute atomic E-state index is 13.6. The molecule has 96 valence electrons. The van der Waals surface area contributed by atoms with Gasteiger partial charge in [-0.1, -0.05) is 17.7 Å². The van der Waals surface area contributed by atoms with Gasteiger partial charge in [0, 0.05) is 36.4 Å². The van der Waals surface area contributed by atoms with Gasteiger partial charge in [-0.2, -0.15) is 0 Å². The summed E-state index contributed by atoms with van der Waals surface area (Å²) in [5.74, 6) is 0.372. The number of aliphatic hydroxyl groups excluding tert-OH is 1. The molecule has 1 atom stereocenters. The summed E-state index contributed by atoms with van der Waals surface area (Å²) in [4.78, 5) is 4.15. The van der Waals surface area contributed by atoms with Crippen LogP contribution >= 0.6 is 11.6 Å². The molecule has 0 radical (unpaired) electrons. The van der Waals surface area contributed by atoms with E-state index in [-0.39, 0.29) is 10.6 Å². The van der Waals surface area contributed by atoms with Crippen molar-refractivity contribution in [3.05, 3.63) is 52.8 Å². The van der Waals surface area contributed by atoms with E-state index in [0.29, 0.717) is 12.8 Å². The molecular weight excluding hydrogens is 255 g/mol. The van der Waals surface area contributed by atoms with Crippen LogP contribution in [0.1, 0.15) is 23.9 Å². The van der Waals surface area contributed by atoms with E-state index in [1.807, 2.05) is 17.8 Å². The Morgan fingerprint density at radius 2 is 2.28 bits per heavy atom. The highest BCUT2D eigenvalue weighted by Gasteiger charge is 2.17. The van der Waals surface area contributed by atoms with Crippen LogP contribution in [0.15, 0.2) is 30.6 Å². The minimum atomic E-state index is -0.921. The summed E-state index contributed by atoms with van der Waals surface area (Å²) in [5, 5.41) is 10.3. The van der Waals surface area contributed by atoms with E-state index in [0.717, 1.165) is 5.82 Å². The zero-order valence-corrected chi connectivity index (χ0v) is 10.7. The predicted molar refractivity (Wildman–Crippen MR) is 67.9 cm³/mol. The van der Waals surface area contributed by atoms with Gasteiger partial charge < -0.3 is 9.67 Å². The smallest absolute Gasteiger partial charge is 0.130 e. The fourth-order valence-corrected chi connectivity index (χ4v) is 2.17. The summed E-state index contributed by atoms with van der Waals surface area (Å²) in [6, 6.07) is 4.39. The number of aryl methyl sites for hydroxylation is 2. The van der Waals surface area contributed by atoms with E-state index in [1.54, 1.807) is 12.3 Å². The molecule has 1 unspecified atom stereocenters. The maximum Gasteiger partial charge on any atom is 0.130 e. The molecule has 2 aromatic rings. The second kappa shape index (κ2) is 5.50. The summed E-state index contributed by atoms with van der Waals surface area (Å²) in [6.45, 7) is 0. The first-order valence-corrected chi connectivity index (χ1v) is 6.05. The van der Waals surface area contributed by atoms with Crippen LogP contribution in [0.4, 0.5) is 4.39 Å². The fourth-order valence-electron chi connectivity index (χ4n) is 1.88. The first-order chi connectivity index (χ1) is 8.59. The van der Waals surface area contributed by atoms with Gasteiger partial charge in [-0.25, -0.2) is 9.37 Å². The third-order valence-corrected chi connectivity index (χ3v) is 3.22. The van der Waals surface area contributed by atoms with Crippen LogP contribution in [0.2, 0.25) is 5.02 Å². The van der Waals surface area contributed by atoms with Crippen LogP contribution in [-0.4, -0.2) is 14.7 Å². The van der Waals surface area contributed by atoms with Crippen molar-refractivity contribution in [3.63, 3.8) is 0 Å². The molecule has 0 saturated carbocycles. The Kier molecular flexibility index (Phi) is 3.99. The van der Waals surface area contributed by atoms with Crippen LogP contribution in [0, 0.1) is 5.82 Å². The molecule has 1 aromatic carbocycles. The zero-order valence-electron chi connectivity index (χ0n) is 9.98. The Morgan fingerprint density at radius 1 is 1.50 bits per heavy atom. The highest BCUT2D eigenvalue weighted by Crippen LogP contribution is 2.28. The van der Waals surface area contributed by atoms with Crippen molar-refractivity contribution in [1.82, 2.24) is 9.55 Å². The second-order valence-electron chi connectivity index (χ2n) is 4.14. The largest absolute Gasteiger partial charge is 0.388 e. The first-order valence-electron chi connectivity index (χ1n) is 5.67. The minimum absolute atomic E-state index is 0.161. The van der Waals surface area contributed by atoms with Gasteiger partial charge in [-0.15, -0.1) is 0 Å². The number of hydrogen-bond donors (Lipinski definition) is 1. The highest BCUT2D eigenvalue weighted by atomic mass is 35.5. The lowest BCUT2D eigenvalue weighted by atomic mass is 10.0. The minimum Gasteiger partial charge on any atom is -0.388 e. The maximum atomic E-state index is 13.6. The first kappa shape index (κ1) is 13.1. The van der Waals surface area contributed by atoms with E-state index in [1.165, 1.54) is 12.1 Å². The summed E-state index contributed by atoms with van der Waals surface area (Å²) >= 11 is 5.90. The van der Waals surface area contributed by atoms with Crippen molar-refractivity contribution in [2.45, 2.75) is 18.9 Å². The average Bonchev–Trinajstić information content (AvgIpc) is 2.72. The van der Waals surface area contributed by atoms with Crippen molar-refractivity contribution >= 4 is 11.6 Å². The molecule has 0 spiro atoms. The van der Waals surface area contributed by atoms with Crippen LogP contribution in [0.25, 0.3) is 0 Å². The number of nitrogens with zero attached hydrogens (tertiary/aromatic N) is 2. The molecule has 0 aliphatic carbocycles. The third-order valence-electron chi connectivity index (χ3n) is 2.90. The Bertz CT molecular complexity index is 521. The van der Waals surface area contributed by atoms with Gasteiger partial charge in [0.15, 0.2) is 0 Å². The molecule has 0 saturated heterocycles. The van der Waals surface area contributed by atoms with Gasteiger partial charge in [0.1, 0.15) is 11.6 Å². The molecule has 5 heteroatoms. The van der Waals surface area contributed by atoms with Gasteiger partial charge in [0.25, 0.3) is 0 Å². The average molecular weight is 269 g/mol. The van der Waals surface area contributed by atoms with E-state index in [2.05, 4.69) is 4.98 Å². The standard InChI is InChI=1S/C13H14ClFN2O/c1-17-8-7-16-12(17)6-5-11(18)13-9(14)3-2-4-10(13)15/h2-4,7-8,11,18H,5-6H2,1H3. The summed E-state index contributed by atoms with van der Waals surface area (Å²) in [6.07, 6.45) is 3.55. The molecule has 0 fully saturated rings. The molecule has 0 aliphatic rings. The Balaban J connectivity index is 2.08. The number of aromatic nitrogens is 2. The number of aliphatic hydroxyl groups is 1. The SMILES string of the molecule is Cn1ccnc1CCC(O)c1c(F)cccc1Cl. The summed E-state index contributed by atoms with van der Waals surface area (Å²) in [7, 11) is 1.88. The van der Waals surface area contributed by atoms with E-state index < -0.39 is 11.9 Å². The van der Waals surface area contributed by atoms with Crippen LogP contribution < -0.4 is 0 Å². The molecule has 0 amide bonds. The predicted octanol–water partition coefficient (Wildman–Crippen LogP) is 2.88. The summed E-state index contributed by atoms with van der Waals surface area (Å²) < 4.78 is 15.5. The second-order valence-corrected chi connectivity index (χ2v) is 4.55. The Morgan fingerprint density at radius 3 is 2.89 bits per heavy atom. The monoisotopic (exact) mass is 268 g/mol. The molecule has 3 nitrogen and oxygen atoms in total. The molecule has 18 heavy (non-hydrogen) atoms. The van der Waals surface area contributed by atoms with Crippen molar-refractivity contribution in [1.29, 1.82) is 0 Å². The van der Waals surface area contributed by atoms with Crippen LogP contribution in [-0.2, 0) is 13.5 Å². The molecular formula is C13H14ClFN2O. The third kappa shape index (κ3) is 2.71. The Hall–Kier alpha value is -1.39. The van der Waals surface area contributed by atoms with Crippen molar-refractivity contribution in [2.75, 3.05) is 0 Å². The number of imidazole rings is 1. The van der Waals surface area contributed by atoms with Gasteiger partial charge in [0.2, 0.25) is 0 Å². The van der Waals surface area contributed by atoms with Gasteiger partial charge >= 0.3 is 0 Å². The van der Waals surface area contributed by atoms with E-state index in [9.17, 15) is 9.50 Å². The molecule has 1 heterocycles. The van der Waals surface area contributed by atoms with Crippen molar-refractivity contribution in [2.24, 2.45) is 7.05 Å². The number of halogens is 2. The van der Waals surface area contributed by atoms with Crippen LogP contribution in [0.5, 0.6) is 0 Å². The van der Waals surface area contributed by atoms with Gasteiger partial charge in [-0.05, 0) is 18.6 Å². The molecule has 1 aromatic heterocycles. The normalized spacial score (nSPS) is 12.7. The quantitative estimate of drug-likeness (QED) is 0.926. The molecule has 0 aliphatic heterocycles. The van der Waals surface area contributed by atoms with Gasteiger partial charge in [-0.3, -0.25) is 0 Å². The highest BCUT2D eigenvalue weighted by molar-refractivity contribution is 6.31. The van der Waals surface area contributed by atoms with Crippen molar-refractivity contribution < 1.29 is 9.50 Å². The summed E-state index contributed by atoms with van der Waals surface area (Å²) in [5.41, 5.74) is 0.161. The molecule has 2 rings (SSSR count). The van der Waals surface area contributed by atoms with Gasteiger partial charge in [0.05, 0.1) is 6.10 Å². The number of benzene rings is 1. The van der Waals surface area contributed by atoms with Crippen LogP contribution in [0.3, 0.4) is 0 Å². The number of rotatable bonds is 4. The lowest BCUT2D eigenvalue weighted by Gasteiger charge is -2.13. The zero-order chi connectivity index (χ0) is 13.1. The Labute approximate surface area is 110 Å². The fraction of sp³-hybridized carbons (Fsp3) is 0.308. The lowest BCUT2D eigenvalue weighted by Crippen LogP contribution is -2.06. The number of hydrogen-bond acceptors (Lipinski definition) is 2. The van der Waals surface area contributed by atoms with Crippen molar-refractivity contribution in [3.8, 4) is 0 Å². The van der Waals surface area contributed by atoms with E-state index >= 15 is 0 Å². The van der Waals surface area contributed by atoms with E-state index in [4.69, 9.17) is 11.6 Å². The molecule has 1 N–H and O–H groups in total. The topological polar surface area (TPSA) is 38.0 Å².